The Bertz CT molecular complexity index is 1590. The molecule has 3 heterocycles. The molecule has 0 amide bonds. The topological polar surface area (TPSA) is 146 Å². The van der Waals surface area contributed by atoms with Gasteiger partial charge in [-0.3, -0.25) is 9.48 Å². The van der Waals surface area contributed by atoms with Gasteiger partial charge in [0.15, 0.2) is 5.65 Å². The second-order valence-corrected chi connectivity index (χ2v) is 7.26. The number of hydrogen-bond acceptors (Lipinski definition) is 7. The number of H-pyrrole nitrogens is 1. The van der Waals surface area contributed by atoms with E-state index in [0.717, 1.165) is 6.07 Å². The summed E-state index contributed by atoms with van der Waals surface area (Å²) in [5, 5.41) is 22.7. The quantitative estimate of drug-likeness (QED) is 0.468. The Balaban J connectivity index is 1.78. The van der Waals surface area contributed by atoms with Crippen molar-refractivity contribution in [1.29, 1.82) is 10.5 Å². The molecular weight excluding hydrogens is 451 g/mol. The van der Waals surface area contributed by atoms with E-state index in [1.807, 2.05) is 6.07 Å². The number of aromatic nitrogens is 4. The van der Waals surface area contributed by atoms with Crippen molar-refractivity contribution in [1.82, 2.24) is 19.7 Å². The highest BCUT2D eigenvalue weighted by Crippen LogP contribution is 2.38. The van der Waals surface area contributed by atoms with Crippen LogP contribution in [0.4, 0.5) is 19.0 Å². The van der Waals surface area contributed by atoms with Crippen LogP contribution in [0.2, 0.25) is 0 Å². The van der Waals surface area contributed by atoms with Gasteiger partial charge >= 0.3 is 6.18 Å². The van der Waals surface area contributed by atoms with Gasteiger partial charge in [-0.2, -0.15) is 33.8 Å². The highest BCUT2D eigenvalue weighted by atomic mass is 19.4. The van der Waals surface area contributed by atoms with Crippen LogP contribution < -0.4 is 16.0 Å². The fourth-order valence-electron chi connectivity index (χ4n) is 3.64. The third kappa shape index (κ3) is 3.67. The van der Waals surface area contributed by atoms with Crippen LogP contribution in [0.5, 0.6) is 11.6 Å². The molecule has 4 rings (SSSR count). The van der Waals surface area contributed by atoms with Gasteiger partial charge in [0.1, 0.15) is 34.8 Å². The normalized spacial score (nSPS) is 11.3. The number of aromatic amines is 1. The minimum Gasteiger partial charge on any atom is -0.439 e. The number of benzene rings is 1. The summed E-state index contributed by atoms with van der Waals surface area (Å²) < 4.78 is 47.8. The highest BCUT2D eigenvalue weighted by Gasteiger charge is 2.35. The van der Waals surface area contributed by atoms with E-state index in [4.69, 9.17) is 10.5 Å². The number of ether oxygens (including phenoxy) is 1. The number of nitrogens with zero attached hydrogens (tertiary/aromatic N) is 5. The van der Waals surface area contributed by atoms with Gasteiger partial charge in [0.2, 0.25) is 5.88 Å². The maximum Gasteiger partial charge on any atom is 0.417 e. The molecule has 0 atom stereocenters. The molecule has 0 saturated heterocycles. The van der Waals surface area contributed by atoms with E-state index < -0.39 is 17.3 Å². The number of hydrogen-bond donors (Lipinski definition) is 2. The third-order valence-electron chi connectivity index (χ3n) is 5.08. The van der Waals surface area contributed by atoms with E-state index in [-0.39, 0.29) is 50.9 Å². The van der Waals surface area contributed by atoms with Gasteiger partial charge in [0, 0.05) is 18.7 Å². The molecule has 0 saturated carbocycles. The molecule has 0 unspecified atom stereocenters. The van der Waals surface area contributed by atoms with Crippen LogP contribution in [-0.4, -0.2) is 19.7 Å². The van der Waals surface area contributed by atoms with Gasteiger partial charge in [-0.1, -0.05) is 12.1 Å². The summed E-state index contributed by atoms with van der Waals surface area (Å²) in [5.74, 6) is -0.352. The first-order valence-electron chi connectivity index (χ1n) is 9.61. The van der Waals surface area contributed by atoms with Gasteiger partial charge in [-0.05, 0) is 24.6 Å². The summed E-state index contributed by atoms with van der Waals surface area (Å²) >= 11 is 0. The van der Waals surface area contributed by atoms with E-state index in [2.05, 4.69) is 15.1 Å². The molecule has 1 aromatic carbocycles. The van der Waals surface area contributed by atoms with Crippen LogP contribution in [0.3, 0.4) is 0 Å². The molecule has 0 spiro atoms. The summed E-state index contributed by atoms with van der Waals surface area (Å²) in [6, 6.07) is 10.1. The minimum absolute atomic E-state index is 0.00950. The average Bonchev–Trinajstić information content (AvgIpc) is 3.06. The van der Waals surface area contributed by atoms with Crippen molar-refractivity contribution < 1.29 is 17.9 Å². The summed E-state index contributed by atoms with van der Waals surface area (Å²) in [6.07, 6.45) is -4.65. The number of nitrogens with two attached hydrogens (primary N) is 1. The Kier molecular flexibility index (Phi) is 5.22. The highest BCUT2D eigenvalue weighted by molar-refractivity contribution is 5.83. The van der Waals surface area contributed by atoms with Crippen molar-refractivity contribution in [3.63, 3.8) is 0 Å². The van der Waals surface area contributed by atoms with Crippen molar-refractivity contribution >= 4 is 16.9 Å². The van der Waals surface area contributed by atoms with E-state index in [9.17, 15) is 28.5 Å². The monoisotopic (exact) mass is 465 g/mol. The molecule has 0 aliphatic carbocycles. The molecule has 170 valence electrons. The number of alkyl halides is 3. The third-order valence-corrected chi connectivity index (χ3v) is 5.08. The lowest BCUT2D eigenvalue weighted by Gasteiger charge is -2.12. The smallest absolute Gasteiger partial charge is 0.417 e. The number of halogens is 3. The number of pyridine rings is 2. The molecule has 0 aliphatic heterocycles. The van der Waals surface area contributed by atoms with E-state index in [1.165, 1.54) is 42.9 Å². The minimum atomic E-state index is -4.65. The number of nitrogens with one attached hydrogen (secondary N) is 1. The summed E-state index contributed by atoms with van der Waals surface area (Å²) in [7, 11) is 1.48. The molecule has 12 heteroatoms. The maximum atomic E-state index is 13.7. The fourth-order valence-corrected chi connectivity index (χ4v) is 3.64. The number of rotatable bonds is 3. The van der Waals surface area contributed by atoms with Crippen LogP contribution in [0.25, 0.3) is 22.2 Å². The Labute approximate surface area is 189 Å². The number of anilines is 1. The van der Waals surface area contributed by atoms with Crippen molar-refractivity contribution in [2.75, 3.05) is 5.73 Å². The fraction of sp³-hybridized carbons (Fsp3) is 0.136. The molecule has 3 N–H and O–H groups in total. The number of nitrogen functional groups attached to an aromatic ring is 1. The van der Waals surface area contributed by atoms with Crippen molar-refractivity contribution in [2.45, 2.75) is 13.1 Å². The second-order valence-electron chi connectivity index (χ2n) is 7.26. The average molecular weight is 465 g/mol. The summed E-state index contributed by atoms with van der Waals surface area (Å²) in [4.78, 5) is 18.5. The van der Waals surface area contributed by atoms with E-state index in [1.54, 1.807) is 6.07 Å². The lowest BCUT2D eigenvalue weighted by atomic mass is 9.96. The van der Waals surface area contributed by atoms with Crippen LogP contribution >= 0.6 is 0 Å². The van der Waals surface area contributed by atoms with E-state index >= 15 is 0 Å². The number of nitriles is 2. The first kappa shape index (κ1) is 22.4. The number of aryl methyl sites for hydroxylation is 2. The predicted molar refractivity (Wildman–Crippen MR) is 115 cm³/mol. The lowest BCUT2D eigenvalue weighted by molar-refractivity contribution is -0.136. The first-order chi connectivity index (χ1) is 16.0. The van der Waals surface area contributed by atoms with Crippen molar-refractivity contribution in [2.24, 2.45) is 7.05 Å². The van der Waals surface area contributed by atoms with E-state index in [0.29, 0.717) is 5.56 Å². The largest absolute Gasteiger partial charge is 0.439 e. The molecule has 0 bridgehead atoms. The Morgan fingerprint density at radius 3 is 2.38 bits per heavy atom. The number of fused-ring (bicyclic) bond motifs is 1. The van der Waals surface area contributed by atoms with Crippen LogP contribution in [0, 0.1) is 29.6 Å². The summed E-state index contributed by atoms with van der Waals surface area (Å²) in [6.45, 7) is 1.46. The first-order valence-corrected chi connectivity index (χ1v) is 9.61. The zero-order valence-corrected chi connectivity index (χ0v) is 17.7. The van der Waals surface area contributed by atoms with Crippen LogP contribution in [0.1, 0.15) is 22.4 Å². The molecule has 9 nitrogen and oxygen atoms in total. The molecule has 0 fully saturated rings. The van der Waals surface area contributed by atoms with Gasteiger partial charge in [0.05, 0.1) is 16.6 Å². The molecule has 0 aliphatic rings. The predicted octanol–water partition coefficient (Wildman–Crippen LogP) is 3.77. The second kappa shape index (κ2) is 7.94. The zero-order chi connectivity index (χ0) is 24.8. The standard InChI is InChI=1S/C22H14F3N7O2/c1-10-17-15(22(23,24)25)7-16(29-20(17)32(2)31-10)34-12-5-3-11(4-6-12)18-13(8-26)19(28)30-21(33)14(18)9-27/h3-7H,1-2H3,(H3,28,30,33). The van der Waals surface area contributed by atoms with Crippen LogP contribution in [0.15, 0.2) is 35.1 Å². The molecule has 34 heavy (non-hydrogen) atoms. The van der Waals surface area contributed by atoms with Gasteiger partial charge in [-0.25, -0.2) is 0 Å². The maximum absolute atomic E-state index is 13.7. The Morgan fingerprint density at radius 2 is 1.79 bits per heavy atom. The molecule has 3 aromatic heterocycles. The van der Waals surface area contributed by atoms with Gasteiger partial charge in [-0.15, -0.1) is 0 Å². The summed E-state index contributed by atoms with van der Waals surface area (Å²) in [5.41, 5.74) is 4.21. The zero-order valence-electron chi connectivity index (χ0n) is 17.7. The van der Waals surface area contributed by atoms with Crippen molar-refractivity contribution in [3.8, 4) is 34.9 Å². The Morgan fingerprint density at radius 1 is 1.15 bits per heavy atom. The molecule has 4 aromatic rings. The van der Waals surface area contributed by atoms with Crippen molar-refractivity contribution in [3.05, 3.63) is 63.1 Å². The SMILES string of the molecule is Cc1nn(C)c2nc(Oc3ccc(-c4c(C#N)c(N)[nH]c(=O)c4C#N)cc3)cc(C(F)(F)F)c12. The van der Waals surface area contributed by atoms with Gasteiger partial charge < -0.3 is 15.5 Å². The van der Waals surface area contributed by atoms with Gasteiger partial charge in [0.25, 0.3) is 5.56 Å². The van der Waals surface area contributed by atoms with Crippen LogP contribution in [-0.2, 0) is 13.2 Å². The lowest BCUT2D eigenvalue weighted by Crippen LogP contribution is -2.16. The Hall–Kier alpha value is -4.84. The molecular formula is C22H14F3N7O2. The molecule has 0 radical (unpaired) electrons.